The molecule has 1 aliphatic rings. The molecule has 0 spiro atoms. The fourth-order valence-corrected chi connectivity index (χ4v) is 2.22. The third kappa shape index (κ3) is 4.47. The second kappa shape index (κ2) is 6.43. The van der Waals surface area contributed by atoms with E-state index in [1.165, 1.54) is 0 Å². The lowest BCUT2D eigenvalue weighted by Crippen LogP contribution is -2.51. The summed E-state index contributed by atoms with van der Waals surface area (Å²) in [7, 11) is 0. The normalized spacial score (nSPS) is 30.4. The van der Waals surface area contributed by atoms with Crippen molar-refractivity contribution >= 4 is 0 Å². The fraction of sp³-hybridized carbons (Fsp3) is 1.00. The molecule has 1 aliphatic heterocycles. The molecule has 0 aromatic carbocycles. The number of rotatable bonds is 5. The van der Waals surface area contributed by atoms with E-state index >= 15 is 0 Å². The molecule has 2 N–H and O–H groups in total. The summed E-state index contributed by atoms with van der Waals surface area (Å²) >= 11 is 0. The molecule has 0 bridgehead atoms. The van der Waals surface area contributed by atoms with E-state index in [2.05, 4.69) is 31.0 Å². The molecule has 0 saturated carbocycles. The minimum atomic E-state index is 0.187. The van der Waals surface area contributed by atoms with E-state index in [9.17, 15) is 5.11 Å². The van der Waals surface area contributed by atoms with Crippen molar-refractivity contribution in [3.63, 3.8) is 0 Å². The molecular formula is C11H24N2O2. The van der Waals surface area contributed by atoms with Crippen molar-refractivity contribution in [1.82, 2.24) is 10.2 Å². The number of nitrogens with zero attached hydrogens (tertiary/aromatic N) is 1. The van der Waals surface area contributed by atoms with Crippen LogP contribution in [0.25, 0.3) is 0 Å². The lowest BCUT2D eigenvalue weighted by atomic mass is 10.2. The Balaban J connectivity index is 2.35. The summed E-state index contributed by atoms with van der Waals surface area (Å²) < 4.78 is 5.67. The number of likely N-dealkylation sites (N-methyl/N-ethyl adjacent to an activating group) is 1. The summed E-state index contributed by atoms with van der Waals surface area (Å²) in [6.07, 6.45) is 0.601. The lowest BCUT2D eigenvalue weighted by molar-refractivity contribution is -0.0709. The van der Waals surface area contributed by atoms with Crippen LogP contribution in [0.5, 0.6) is 0 Å². The van der Waals surface area contributed by atoms with Gasteiger partial charge < -0.3 is 15.2 Å². The van der Waals surface area contributed by atoms with E-state index in [-0.39, 0.29) is 12.6 Å². The number of hydrogen-bond acceptors (Lipinski definition) is 4. The summed E-state index contributed by atoms with van der Waals surface area (Å²) in [5.74, 6) is 0. The predicted octanol–water partition coefficient (Wildman–Crippen LogP) is 0.0660. The first-order valence-corrected chi connectivity index (χ1v) is 5.87. The number of aliphatic hydroxyl groups excluding tert-OH is 1. The van der Waals surface area contributed by atoms with Crippen LogP contribution in [-0.2, 0) is 4.74 Å². The molecule has 0 aliphatic carbocycles. The van der Waals surface area contributed by atoms with E-state index in [1.54, 1.807) is 0 Å². The number of nitrogens with one attached hydrogen (secondary N) is 1. The highest BCUT2D eigenvalue weighted by Crippen LogP contribution is 2.10. The Labute approximate surface area is 92.6 Å². The third-order valence-electron chi connectivity index (χ3n) is 2.69. The Morgan fingerprint density at radius 1 is 1.40 bits per heavy atom. The van der Waals surface area contributed by atoms with Crippen LogP contribution in [0.1, 0.15) is 20.8 Å². The molecule has 3 atom stereocenters. The van der Waals surface area contributed by atoms with Gasteiger partial charge in [-0.2, -0.15) is 0 Å². The van der Waals surface area contributed by atoms with E-state index in [1.807, 2.05) is 0 Å². The van der Waals surface area contributed by atoms with Crippen molar-refractivity contribution in [3.8, 4) is 0 Å². The van der Waals surface area contributed by atoms with Crippen molar-refractivity contribution in [1.29, 1.82) is 0 Å². The van der Waals surface area contributed by atoms with Crippen molar-refractivity contribution in [3.05, 3.63) is 0 Å². The zero-order valence-electron chi connectivity index (χ0n) is 10.1. The maximum atomic E-state index is 9.20. The molecule has 4 nitrogen and oxygen atoms in total. The standard InChI is InChI=1S/C11H24N2O2/c1-4-12-11(8-14)7-13-5-9(2)15-10(3)6-13/h9-12,14H,4-8H2,1-3H3/t9-,10+,11?. The van der Waals surface area contributed by atoms with Crippen molar-refractivity contribution in [2.24, 2.45) is 0 Å². The van der Waals surface area contributed by atoms with Gasteiger partial charge in [-0.1, -0.05) is 6.92 Å². The first kappa shape index (κ1) is 12.9. The van der Waals surface area contributed by atoms with Gasteiger partial charge in [-0.15, -0.1) is 0 Å². The Kier molecular flexibility index (Phi) is 5.53. The average molecular weight is 216 g/mol. The number of hydrogen-bond donors (Lipinski definition) is 2. The quantitative estimate of drug-likeness (QED) is 0.682. The van der Waals surface area contributed by atoms with E-state index in [4.69, 9.17) is 4.74 Å². The maximum Gasteiger partial charge on any atom is 0.0678 e. The van der Waals surface area contributed by atoms with E-state index < -0.39 is 0 Å². The minimum Gasteiger partial charge on any atom is -0.395 e. The summed E-state index contributed by atoms with van der Waals surface area (Å²) in [4.78, 5) is 2.36. The molecule has 1 unspecified atom stereocenters. The van der Waals surface area contributed by atoms with Crippen LogP contribution in [0.15, 0.2) is 0 Å². The van der Waals surface area contributed by atoms with E-state index in [0.717, 1.165) is 26.2 Å². The van der Waals surface area contributed by atoms with Crippen LogP contribution in [0.2, 0.25) is 0 Å². The van der Waals surface area contributed by atoms with Gasteiger partial charge in [-0.3, -0.25) is 4.90 Å². The highest BCUT2D eigenvalue weighted by atomic mass is 16.5. The number of aliphatic hydroxyl groups is 1. The van der Waals surface area contributed by atoms with Gasteiger partial charge in [0.2, 0.25) is 0 Å². The zero-order chi connectivity index (χ0) is 11.3. The third-order valence-corrected chi connectivity index (χ3v) is 2.69. The molecule has 1 rings (SSSR count). The van der Waals surface area contributed by atoms with Crippen LogP contribution in [0.3, 0.4) is 0 Å². The molecule has 4 heteroatoms. The summed E-state index contributed by atoms with van der Waals surface area (Å²) in [5, 5.41) is 12.5. The molecular weight excluding hydrogens is 192 g/mol. The molecule has 1 saturated heterocycles. The van der Waals surface area contributed by atoms with Crippen LogP contribution in [0, 0.1) is 0 Å². The molecule has 0 aromatic heterocycles. The SMILES string of the molecule is CCNC(CO)CN1C[C@@H](C)O[C@@H](C)C1. The molecule has 15 heavy (non-hydrogen) atoms. The van der Waals surface area contributed by atoms with Gasteiger partial charge in [-0.05, 0) is 20.4 Å². The number of ether oxygens (including phenoxy) is 1. The molecule has 0 amide bonds. The second-order valence-corrected chi connectivity index (χ2v) is 4.41. The molecule has 90 valence electrons. The second-order valence-electron chi connectivity index (χ2n) is 4.41. The average Bonchev–Trinajstić information content (AvgIpc) is 2.15. The Bertz CT molecular complexity index is 168. The Morgan fingerprint density at radius 2 is 2.00 bits per heavy atom. The monoisotopic (exact) mass is 216 g/mol. The minimum absolute atomic E-state index is 0.187. The van der Waals surface area contributed by atoms with Crippen molar-refractivity contribution < 1.29 is 9.84 Å². The van der Waals surface area contributed by atoms with Crippen LogP contribution >= 0.6 is 0 Å². The van der Waals surface area contributed by atoms with Gasteiger partial charge in [0.05, 0.1) is 18.8 Å². The molecule has 0 aromatic rings. The fourth-order valence-electron chi connectivity index (χ4n) is 2.22. The highest BCUT2D eigenvalue weighted by Gasteiger charge is 2.23. The number of morpholine rings is 1. The van der Waals surface area contributed by atoms with Crippen molar-refractivity contribution in [2.75, 3.05) is 32.8 Å². The van der Waals surface area contributed by atoms with Crippen LogP contribution < -0.4 is 5.32 Å². The molecule has 0 radical (unpaired) electrons. The first-order valence-electron chi connectivity index (χ1n) is 5.87. The van der Waals surface area contributed by atoms with Crippen molar-refractivity contribution in [2.45, 2.75) is 39.0 Å². The lowest BCUT2D eigenvalue weighted by Gasteiger charge is -2.37. The largest absolute Gasteiger partial charge is 0.395 e. The van der Waals surface area contributed by atoms with Gasteiger partial charge in [-0.25, -0.2) is 0 Å². The summed E-state index contributed by atoms with van der Waals surface area (Å²) in [5.41, 5.74) is 0. The van der Waals surface area contributed by atoms with Gasteiger partial charge in [0.25, 0.3) is 0 Å². The Hall–Kier alpha value is -0.160. The summed E-state index contributed by atoms with van der Waals surface area (Å²) in [6.45, 7) is 10.2. The smallest absolute Gasteiger partial charge is 0.0678 e. The van der Waals surface area contributed by atoms with Crippen LogP contribution in [-0.4, -0.2) is 61.0 Å². The van der Waals surface area contributed by atoms with Crippen LogP contribution in [0.4, 0.5) is 0 Å². The summed E-state index contributed by atoms with van der Waals surface area (Å²) in [6, 6.07) is 0.187. The Morgan fingerprint density at radius 3 is 2.47 bits per heavy atom. The maximum absolute atomic E-state index is 9.20. The topological polar surface area (TPSA) is 44.7 Å². The van der Waals surface area contributed by atoms with Gasteiger partial charge >= 0.3 is 0 Å². The molecule has 1 fully saturated rings. The first-order chi connectivity index (χ1) is 7.15. The zero-order valence-corrected chi connectivity index (χ0v) is 10.1. The van der Waals surface area contributed by atoms with Gasteiger partial charge in [0.15, 0.2) is 0 Å². The molecule has 1 heterocycles. The highest BCUT2D eigenvalue weighted by molar-refractivity contribution is 4.77. The predicted molar refractivity (Wildman–Crippen MR) is 61.0 cm³/mol. The van der Waals surface area contributed by atoms with E-state index in [0.29, 0.717) is 12.2 Å². The van der Waals surface area contributed by atoms with Gasteiger partial charge in [0, 0.05) is 25.7 Å². The van der Waals surface area contributed by atoms with Gasteiger partial charge in [0.1, 0.15) is 0 Å².